The molecule has 1 rings (SSSR count). The average molecular weight is 182 g/mol. The maximum Gasteiger partial charge on any atom is 0.345 e. The molecule has 1 heterocycles. The summed E-state index contributed by atoms with van der Waals surface area (Å²) >= 11 is 0. The van der Waals surface area contributed by atoms with Crippen LogP contribution in [0.25, 0.3) is 0 Å². The van der Waals surface area contributed by atoms with Gasteiger partial charge in [0.25, 0.3) is 0 Å². The fourth-order valence-corrected chi connectivity index (χ4v) is 1.07. The minimum atomic E-state index is -0.271. The van der Waals surface area contributed by atoms with Gasteiger partial charge in [0.15, 0.2) is 0 Å². The molecular formula is C10H18N2O. The van der Waals surface area contributed by atoms with Crippen LogP contribution in [0.4, 0.5) is 0 Å². The van der Waals surface area contributed by atoms with Crippen LogP contribution in [-0.4, -0.2) is 9.97 Å². The number of aromatic amines is 1. The van der Waals surface area contributed by atoms with Crippen LogP contribution in [-0.2, 0) is 0 Å². The number of aryl methyl sites for hydroxylation is 1. The Bertz CT molecular complexity index is 302. The van der Waals surface area contributed by atoms with Crippen molar-refractivity contribution < 1.29 is 0 Å². The van der Waals surface area contributed by atoms with Crippen molar-refractivity contribution in [1.82, 2.24) is 9.97 Å². The molecule has 74 valence electrons. The van der Waals surface area contributed by atoms with Crippen LogP contribution < -0.4 is 5.69 Å². The predicted molar refractivity (Wildman–Crippen MR) is 55.0 cm³/mol. The third-order valence-electron chi connectivity index (χ3n) is 1.67. The van der Waals surface area contributed by atoms with Crippen LogP contribution in [0.2, 0.25) is 0 Å². The number of nitrogens with one attached hydrogen (secondary N) is 1. The molecule has 0 aliphatic heterocycles. The third kappa shape index (κ3) is 3.40. The summed E-state index contributed by atoms with van der Waals surface area (Å²) < 4.78 is 0. The van der Waals surface area contributed by atoms with Crippen molar-refractivity contribution in [2.75, 3.05) is 0 Å². The molecule has 0 amide bonds. The van der Waals surface area contributed by atoms with Crippen LogP contribution in [0.15, 0.2) is 11.0 Å². The molecule has 3 heteroatoms. The van der Waals surface area contributed by atoms with Crippen molar-refractivity contribution in [3.8, 4) is 0 Å². The summed E-state index contributed by atoms with van der Waals surface area (Å²) in [5, 5.41) is 0. The van der Waals surface area contributed by atoms with Gasteiger partial charge in [-0.15, -0.1) is 0 Å². The first-order chi connectivity index (χ1) is 6.11. The molecule has 0 bridgehead atoms. The van der Waals surface area contributed by atoms with Crippen LogP contribution in [0.3, 0.4) is 0 Å². The van der Waals surface area contributed by atoms with E-state index in [1.807, 2.05) is 20.8 Å². The highest BCUT2D eigenvalue weighted by molar-refractivity contribution is 5.17. The Kier molecular flexibility index (Phi) is 5.04. The lowest BCUT2D eigenvalue weighted by atomic mass is 10.0. The van der Waals surface area contributed by atoms with Crippen LogP contribution in [0.5, 0.6) is 0 Å². The maximum atomic E-state index is 10.7. The molecule has 1 N–H and O–H groups in total. The molecule has 0 aliphatic carbocycles. The molecule has 0 radical (unpaired) electrons. The number of nitrogens with zero attached hydrogens (tertiary/aromatic N) is 1. The standard InChI is InChI=1S/C8H12N2O.C2H6/c1-5(2)7-4-9-8(11)10-6(7)3;1-2/h4-5H,1-3H3,(H,9,10,11);1-2H3. The third-order valence-corrected chi connectivity index (χ3v) is 1.67. The summed E-state index contributed by atoms with van der Waals surface area (Å²) in [5.74, 6) is 0.416. The van der Waals surface area contributed by atoms with Gasteiger partial charge in [-0.3, -0.25) is 0 Å². The van der Waals surface area contributed by atoms with Crippen LogP contribution in [0.1, 0.15) is 44.9 Å². The van der Waals surface area contributed by atoms with Gasteiger partial charge in [0.2, 0.25) is 0 Å². The summed E-state index contributed by atoms with van der Waals surface area (Å²) in [6, 6.07) is 0. The minimum absolute atomic E-state index is 0.271. The van der Waals surface area contributed by atoms with Crippen molar-refractivity contribution >= 4 is 0 Å². The Morgan fingerprint density at radius 2 is 1.92 bits per heavy atom. The highest BCUT2D eigenvalue weighted by Gasteiger charge is 2.02. The Hall–Kier alpha value is -1.12. The Morgan fingerprint density at radius 1 is 1.38 bits per heavy atom. The van der Waals surface area contributed by atoms with E-state index < -0.39 is 0 Å². The Labute approximate surface area is 79.2 Å². The molecule has 1 aromatic heterocycles. The minimum Gasteiger partial charge on any atom is -0.310 e. The van der Waals surface area contributed by atoms with E-state index in [1.54, 1.807) is 6.20 Å². The highest BCUT2D eigenvalue weighted by Crippen LogP contribution is 2.13. The molecule has 3 nitrogen and oxygen atoms in total. The molecule has 0 saturated carbocycles. The Balaban J connectivity index is 0.000000671. The predicted octanol–water partition coefficient (Wildman–Crippen LogP) is 2.23. The van der Waals surface area contributed by atoms with Gasteiger partial charge in [-0.1, -0.05) is 27.7 Å². The van der Waals surface area contributed by atoms with E-state index in [-0.39, 0.29) is 5.69 Å². The van der Waals surface area contributed by atoms with Gasteiger partial charge in [0.05, 0.1) is 0 Å². The summed E-state index contributed by atoms with van der Waals surface area (Å²) in [6.07, 6.45) is 1.64. The quantitative estimate of drug-likeness (QED) is 0.724. The number of aromatic nitrogens is 2. The lowest BCUT2D eigenvalue weighted by Crippen LogP contribution is -2.13. The zero-order valence-corrected chi connectivity index (χ0v) is 9.01. The van der Waals surface area contributed by atoms with E-state index in [0.717, 1.165) is 11.3 Å². The first-order valence-electron chi connectivity index (χ1n) is 4.67. The summed E-state index contributed by atoms with van der Waals surface area (Å²) in [4.78, 5) is 17.0. The van der Waals surface area contributed by atoms with E-state index in [9.17, 15) is 4.79 Å². The molecule has 0 saturated heterocycles. The maximum absolute atomic E-state index is 10.7. The summed E-state index contributed by atoms with van der Waals surface area (Å²) in [5.41, 5.74) is 1.75. The smallest absolute Gasteiger partial charge is 0.310 e. The van der Waals surface area contributed by atoms with Crippen molar-refractivity contribution in [3.05, 3.63) is 27.9 Å². The normalized spacial score (nSPS) is 9.38. The number of hydrogen-bond acceptors (Lipinski definition) is 2. The fourth-order valence-electron chi connectivity index (χ4n) is 1.07. The van der Waals surface area contributed by atoms with Gasteiger partial charge in [0, 0.05) is 11.9 Å². The van der Waals surface area contributed by atoms with Crippen molar-refractivity contribution in [3.63, 3.8) is 0 Å². The van der Waals surface area contributed by atoms with E-state index in [0.29, 0.717) is 5.92 Å². The molecular weight excluding hydrogens is 164 g/mol. The van der Waals surface area contributed by atoms with Gasteiger partial charge >= 0.3 is 5.69 Å². The van der Waals surface area contributed by atoms with E-state index in [4.69, 9.17) is 0 Å². The number of hydrogen-bond donors (Lipinski definition) is 1. The zero-order valence-electron chi connectivity index (χ0n) is 9.01. The molecule has 0 aromatic carbocycles. The highest BCUT2D eigenvalue weighted by atomic mass is 16.1. The van der Waals surface area contributed by atoms with E-state index in [2.05, 4.69) is 23.8 Å². The van der Waals surface area contributed by atoms with Crippen molar-refractivity contribution in [1.29, 1.82) is 0 Å². The van der Waals surface area contributed by atoms with Gasteiger partial charge < -0.3 is 4.98 Å². The number of H-pyrrole nitrogens is 1. The molecule has 0 aliphatic rings. The van der Waals surface area contributed by atoms with Gasteiger partial charge in [-0.05, 0) is 18.4 Å². The topological polar surface area (TPSA) is 45.8 Å². The van der Waals surface area contributed by atoms with Gasteiger partial charge in [-0.2, -0.15) is 0 Å². The van der Waals surface area contributed by atoms with E-state index in [1.165, 1.54) is 0 Å². The molecule has 0 spiro atoms. The average Bonchev–Trinajstić information content (AvgIpc) is 2.07. The SMILES string of the molecule is CC.Cc1[nH]c(=O)ncc1C(C)C. The molecule has 0 fully saturated rings. The second-order valence-electron chi connectivity index (χ2n) is 2.92. The Morgan fingerprint density at radius 3 is 2.31 bits per heavy atom. The molecule has 0 atom stereocenters. The second-order valence-corrected chi connectivity index (χ2v) is 2.92. The number of rotatable bonds is 1. The first kappa shape index (κ1) is 11.9. The summed E-state index contributed by atoms with van der Waals surface area (Å²) in [7, 11) is 0. The summed E-state index contributed by atoms with van der Waals surface area (Å²) in [6.45, 7) is 10.0. The lowest BCUT2D eigenvalue weighted by molar-refractivity contribution is 0.819. The monoisotopic (exact) mass is 182 g/mol. The van der Waals surface area contributed by atoms with Crippen LogP contribution in [0, 0.1) is 6.92 Å². The first-order valence-corrected chi connectivity index (χ1v) is 4.67. The van der Waals surface area contributed by atoms with Crippen molar-refractivity contribution in [2.24, 2.45) is 0 Å². The molecule has 13 heavy (non-hydrogen) atoms. The fraction of sp³-hybridized carbons (Fsp3) is 0.600. The largest absolute Gasteiger partial charge is 0.345 e. The van der Waals surface area contributed by atoms with E-state index >= 15 is 0 Å². The van der Waals surface area contributed by atoms with Gasteiger partial charge in [-0.25, -0.2) is 9.78 Å². The molecule has 0 unspecified atom stereocenters. The lowest BCUT2D eigenvalue weighted by Gasteiger charge is -2.06. The second kappa shape index (κ2) is 5.51. The van der Waals surface area contributed by atoms with Crippen LogP contribution >= 0.6 is 0 Å². The zero-order chi connectivity index (χ0) is 10.4. The van der Waals surface area contributed by atoms with Crippen molar-refractivity contribution in [2.45, 2.75) is 40.5 Å². The molecule has 1 aromatic rings. The van der Waals surface area contributed by atoms with Gasteiger partial charge in [0.1, 0.15) is 0 Å².